The fourth-order valence-corrected chi connectivity index (χ4v) is 3.91. The highest BCUT2D eigenvalue weighted by molar-refractivity contribution is 7.52. The van der Waals surface area contributed by atoms with Crippen LogP contribution in [0, 0.1) is 0 Å². The summed E-state index contributed by atoms with van der Waals surface area (Å²) >= 11 is 32.8. The lowest BCUT2D eigenvalue weighted by Crippen LogP contribution is -2.46. The highest BCUT2D eigenvalue weighted by Gasteiger charge is 2.55. The van der Waals surface area contributed by atoms with E-state index in [2.05, 4.69) is 0 Å². The summed E-state index contributed by atoms with van der Waals surface area (Å²) in [5.41, 5.74) is 0. The van der Waals surface area contributed by atoms with E-state index >= 15 is 0 Å². The number of halogens is 6. The van der Waals surface area contributed by atoms with Crippen LogP contribution in [0.1, 0.15) is 0 Å². The van der Waals surface area contributed by atoms with E-state index < -0.39 is 27.3 Å². The molecule has 1 unspecified atom stereocenters. The lowest BCUT2D eigenvalue weighted by Gasteiger charge is -2.34. The molecule has 0 spiro atoms. The van der Waals surface area contributed by atoms with Gasteiger partial charge in [0.25, 0.3) is 0 Å². The van der Waals surface area contributed by atoms with Crippen molar-refractivity contribution < 1.29 is 14.4 Å². The van der Waals surface area contributed by atoms with Gasteiger partial charge in [0, 0.05) is 0 Å². The predicted octanol–water partition coefficient (Wildman–Crippen LogP) is 3.32. The van der Waals surface area contributed by atoms with E-state index in [-0.39, 0.29) is 0 Å². The fraction of sp³-hybridized carbons (Fsp3) is 1.00. The summed E-state index contributed by atoms with van der Waals surface area (Å²) in [5, 5.41) is 0. The predicted molar refractivity (Wildman–Crippen MR) is 61.3 cm³/mol. The summed E-state index contributed by atoms with van der Waals surface area (Å²) in [6.07, 6.45) is -0.935. The van der Waals surface area contributed by atoms with Gasteiger partial charge in [0.05, 0.1) is 6.16 Å². The minimum atomic E-state index is -4.49. The molecule has 0 aromatic rings. The second-order valence-corrected chi connectivity index (χ2v) is 8.18. The molecule has 0 saturated heterocycles. The van der Waals surface area contributed by atoms with Crippen molar-refractivity contribution in [3.05, 3.63) is 0 Å². The Morgan fingerprint density at radius 1 is 1.14 bits per heavy atom. The van der Waals surface area contributed by atoms with E-state index in [1.54, 1.807) is 0 Å². The van der Waals surface area contributed by atoms with Crippen molar-refractivity contribution in [1.29, 1.82) is 0 Å². The second-order valence-electron chi connectivity index (χ2n) is 2.48. The Labute approximate surface area is 111 Å². The zero-order valence-corrected chi connectivity index (χ0v) is 11.7. The summed E-state index contributed by atoms with van der Waals surface area (Å²) < 4.78 is 8.52. The maximum Gasteiger partial charge on any atom is 0.327 e. The van der Waals surface area contributed by atoms with Gasteiger partial charge in [-0.25, -0.2) is 0 Å². The normalized spacial score (nSPS) is 18.4. The average molecular weight is 345 g/mol. The van der Waals surface area contributed by atoms with Crippen LogP contribution in [0.3, 0.4) is 0 Å². The molecule has 0 rings (SSSR count). The molecule has 2 N–H and O–H groups in total. The zero-order valence-electron chi connectivity index (χ0n) is 6.30. The summed E-state index contributed by atoms with van der Waals surface area (Å²) in [7, 11) is -4.49. The van der Waals surface area contributed by atoms with Gasteiger partial charge in [-0.05, 0) is 0 Å². The first-order valence-corrected chi connectivity index (χ1v) is 7.17. The maximum atomic E-state index is 10.7. The largest absolute Gasteiger partial charge is 0.327 e. The minimum Gasteiger partial charge on any atom is -0.324 e. The van der Waals surface area contributed by atoms with Crippen molar-refractivity contribution in [2.45, 2.75) is 13.5 Å². The van der Waals surface area contributed by atoms with Crippen LogP contribution in [-0.2, 0) is 4.57 Å². The Balaban J connectivity index is 5.04. The third kappa shape index (κ3) is 4.40. The first kappa shape index (κ1) is 15.9. The lowest BCUT2D eigenvalue weighted by atomic mass is 10.2. The molecule has 86 valence electrons. The van der Waals surface area contributed by atoms with Crippen LogP contribution in [0.4, 0.5) is 0 Å². The molecule has 0 bridgehead atoms. The molecule has 0 saturated carbocycles. The molecule has 0 aromatic heterocycles. The van der Waals surface area contributed by atoms with Crippen LogP contribution in [0.15, 0.2) is 0 Å². The van der Waals surface area contributed by atoms with E-state index in [0.29, 0.717) is 0 Å². The molecule has 0 fully saturated rings. The third-order valence-corrected chi connectivity index (χ3v) is 5.26. The second kappa shape index (κ2) is 5.03. The summed E-state index contributed by atoms with van der Waals surface area (Å²) in [5.74, 6) is 0. The highest BCUT2D eigenvalue weighted by atomic mass is 35.6. The summed E-state index contributed by atoms with van der Waals surface area (Å²) in [6.45, 7) is 0. The van der Waals surface area contributed by atoms with Gasteiger partial charge in [0.15, 0.2) is 0 Å². The van der Waals surface area contributed by atoms with Gasteiger partial charge in [-0.15, -0.1) is 34.8 Å². The topological polar surface area (TPSA) is 57.5 Å². The molecule has 14 heavy (non-hydrogen) atoms. The molecule has 0 amide bonds. The molecular weight excluding hydrogens is 340 g/mol. The van der Waals surface area contributed by atoms with Gasteiger partial charge in [-0.2, -0.15) is 0 Å². The fourth-order valence-electron chi connectivity index (χ4n) is 0.582. The Bertz CT molecular complexity index is 246. The molecular formula is C4H5Cl6O3P. The molecule has 0 aliphatic carbocycles. The number of hydrogen-bond acceptors (Lipinski definition) is 1. The Hall–Kier alpha value is 1.89. The Morgan fingerprint density at radius 3 is 1.57 bits per heavy atom. The maximum absolute atomic E-state index is 10.7. The first-order valence-electron chi connectivity index (χ1n) is 2.98. The van der Waals surface area contributed by atoms with Gasteiger partial charge >= 0.3 is 7.60 Å². The van der Waals surface area contributed by atoms with Crippen molar-refractivity contribution in [2.24, 2.45) is 0 Å². The van der Waals surface area contributed by atoms with Crippen molar-refractivity contribution in [2.75, 3.05) is 6.16 Å². The first-order chi connectivity index (χ1) is 5.90. The van der Waals surface area contributed by atoms with Crippen LogP contribution < -0.4 is 0 Å². The van der Waals surface area contributed by atoms with E-state index in [4.69, 9.17) is 79.4 Å². The molecule has 0 radical (unpaired) electrons. The van der Waals surface area contributed by atoms with Crippen LogP contribution in [0.25, 0.3) is 0 Å². The quantitative estimate of drug-likeness (QED) is 0.610. The lowest BCUT2D eigenvalue weighted by molar-refractivity contribution is 0.366. The van der Waals surface area contributed by atoms with Gasteiger partial charge < -0.3 is 9.79 Å². The van der Waals surface area contributed by atoms with Gasteiger partial charge in [-0.1, -0.05) is 34.8 Å². The van der Waals surface area contributed by atoms with Gasteiger partial charge in [0.1, 0.15) is 9.71 Å². The Morgan fingerprint density at radius 2 is 1.50 bits per heavy atom. The molecule has 0 aliphatic rings. The Kier molecular flexibility index (Phi) is 5.71. The van der Waals surface area contributed by atoms with Crippen LogP contribution in [0.5, 0.6) is 0 Å². The van der Waals surface area contributed by atoms with Crippen molar-refractivity contribution >= 4 is 77.2 Å². The number of alkyl halides is 6. The molecule has 10 heteroatoms. The minimum absolute atomic E-state index is 0.935. The van der Waals surface area contributed by atoms with Crippen LogP contribution in [0.2, 0.25) is 0 Å². The van der Waals surface area contributed by atoms with E-state index in [9.17, 15) is 4.57 Å². The SMILES string of the molecule is O=P(O)(O)CC(Cl)(C(Cl)Cl)C(Cl)(Cl)Cl. The molecule has 0 aromatic carbocycles. The summed E-state index contributed by atoms with van der Waals surface area (Å²) in [4.78, 5) is 13.9. The average Bonchev–Trinajstić information content (AvgIpc) is 1.79. The van der Waals surface area contributed by atoms with Gasteiger partial charge in [0.2, 0.25) is 3.79 Å². The van der Waals surface area contributed by atoms with E-state index in [1.807, 2.05) is 0 Å². The summed E-state index contributed by atoms with van der Waals surface area (Å²) in [6, 6.07) is 0. The molecule has 0 heterocycles. The zero-order chi connectivity index (χ0) is 11.8. The number of hydrogen-bond donors (Lipinski definition) is 2. The molecule has 0 aliphatic heterocycles. The molecule has 3 nitrogen and oxygen atoms in total. The van der Waals surface area contributed by atoms with E-state index in [0.717, 1.165) is 0 Å². The standard InChI is InChI=1S/C4H5Cl6O3P/c5-2(6)3(7,4(8,9)10)1-14(11,12)13/h2H,1H2,(H2,11,12,13). The third-order valence-electron chi connectivity index (χ3n) is 1.25. The molecule has 1 atom stereocenters. The number of rotatable bonds is 3. The smallest absolute Gasteiger partial charge is 0.324 e. The van der Waals surface area contributed by atoms with Crippen molar-refractivity contribution in [3.63, 3.8) is 0 Å². The van der Waals surface area contributed by atoms with Crippen molar-refractivity contribution in [1.82, 2.24) is 0 Å². The van der Waals surface area contributed by atoms with E-state index in [1.165, 1.54) is 0 Å². The van der Waals surface area contributed by atoms with Gasteiger partial charge in [-0.3, -0.25) is 4.57 Å². The monoisotopic (exact) mass is 342 g/mol. The highest BCUT2D eigenvalue weighted by Crippen LogP contribution is 2.54. The van der Waals surface area contributed by atoms with Crippen molar-refractivity contribution in [3.8, 4) is 0 Å². The van der Waals surface area contributed by atoms with Crippen LogP contribution >= 0.6 is 77.2 Å². The van der Waals surface area contributed by atoms with Crippen LogP contribution in [-0.4, -0.2) is 29.5 Å².